The highest BCUT2D eigenvalue weighted by atomic mass is 79.9. The number of anilines is 1. The van der Waals surface area contributed by atoms with Crippen LogP contribution in [0, 0.1) is 15.9 Å². The van der Waals surface area contributed by atoms with Crippen LogP contribution in [-0.4, -0.2) is 9.91 Å². The zero-order valence-corrected chi connectivity index (χ0v) is 11.2. The van der Waals surface area contributed by atoms with E-state index in [0.29, 0.717) is 10.0 Å². The molecular formula is C12H9BrFN3O2. The fraction of sp³-hybridized carbons (Fsp3) is 0.0833. The lowest BCUT2D eigenvalue weighted by Crippen LogP contribution is -2.06. The normalized spacial score (nSPS) is 10.2. The topological polar surface area (TPSA) is 68.1 Å². The molecule has 0 radical (unpaired) electrons. The maximum absolute atomic E-state index is 13.4. The molecule has 19 heavy (non-hydrogen) atoms. The van der Waals surface area contributed by atoms with Crippen LogP contribution in [0.3, 0.4) is 0 Å². The zero-order valence-electron chi connectivity index (χ0n) is 9.64. The van der Waals surface area contributed by atoms with E-state index < -0.39 is 4.92 Å². The Morgan fingerprint density at radius 3 is 2.79 bits per heavy atom. The van der Waals surface area contributed by atoms with Gasteiger partial charge in [0, 0.05) is 18.3 Å². The van der Waals surface area contributed by atoms with Crippen LogP contribution in [0.1, 0.15) is 5.56 Å². The van der Waals surface area contributed by atoms with Gasteiger partial charge in [-0.25, -0.2) is 9.37 Å². The lowest BCUT2D eigenvalue weighted by Gasteiger charge is -2.07. The van der Waals surface area contributed by atoms with E-state index in [0.717, 1.165) is 0 Å². The number of hydrogen-bond acceptors (Lipinski definition) is 4. The molecule has 1 aromatic carbocycles. The molecule has 0 atom stereocenters. The van der Waals surface area contributed by atoms with Crippen molar-refractivity contribution in [3.63, 3.8) is 0 Å². The van der Waals surface area contributed by atoms with Gasteiger partial charge in [0.15, 0.2) is 0 Å². The second kappa shape index (κ2) is 5.75. The highest BCUT2D eigenvalue weighted by molar-refractivity contribution is 9.10. The van der Waals surface area contributed by atoms with Gasteiger partial charge in [0.05, 0.1) is 4.92 Å². The van der Waals surface area contributed by atoms with Crippen LogP contribution in [0.2, 0.25) is 0 Å². The maximum Gasteiger partial charge on any atom is 0.325 e. The average Bonchev–Trinajstić information content (AvgIpc) is 2.37. The zero-order chi connectivity index (χ0) is 13.8. The van der Waals surface area contributed by atoms with Crippen LogP contribution in [0.5, 0.6) is 0 Å². The summed E-state index contributed by atoms with van der Waals surface area (Å²) in [7, 11) is 0. The van der Waals surface area contributed by atoms with Crippen LogP contribution in [0.25, 0.3) is 0 Å². The molecule has 2 rings (SSSR count). The number of hydrogen-bond donors (Lipinski definition) is 1. The van der Waals surface area contributed by atoms with E-state index in [4.69, 9.17) is 0 Å². The first-order chi connectivity index (χ1) is 9.09. The first kappa shape index (κ1) is 13.4. The molecule has 1 N–H and O–H groups in total. The summed E-state index contributed by atoms with van der Waals surface area (Å²) in [4.78, 5) is 14.3. The average molecular weight is 326 g/mol. The summed E-state index contributed by atoms with van der Waals surface area (Å²) in [6, 6.07) is 7.69. The number of halogens is 2. The van der Waals surface area contributed by atoms with Crippen molar-refractivity contribution in [3.8, 4) is 0 Å². The summed E-state index contributed by atoms with van der Waals surface area (Å²) in [5.41, 5.74) is 0.248. The predicted molar refractivity (Wildman–Crippen MR) is 72.3 cm³/mol. The smallest absolute Gasteiger partial charge is 0.325 e. The molecule has 5 nitrogen and oxygen atoms in total. The Labute approximate surface area is 116 Å². The van der Waals surface area contributed by atoms with E-state index >= 15 is 0 Å². The first-order valence-corrected chi connectivity index (χ1v) is 6.15. The number of nitrogens with one attached hydrogen (secondary N) is 1. The molecule has 7 heteroatoms. The molecule has 0 amide bonds. The maximum atomic E-state index is 13.4. The number of nitro groups is 1. The van der Waals surface area contributed by atoms with Gasteiger partial charge in [-0.2, -0.15) is 0 Å². The molecule has 0 saturated carbocycles. The van der Waals surface area contributed by atoms with E-state index in [-0.39, 0.29) is 23.9 Å². The Morgan fingerprint density at radius 2 is 2.11 bits per heavy atom. The molecule has 0 spiro atoms. The Morgan fingerprint density at radius 1 is 1.37 bits per heavy atom. The van der Waals surface area contributed by atoms with Gasteiger partial charge in [-0.05, 0) is 28.1 Å². The SMILES string of the molecule is O=[N+]([O-])c1c(Br)ccnc1NCc1ccccc1F. The van der Waals surface area contributed by atoms with Gasteiger partial charge in [-0.1, -0.05) is 18.2 Å². The molecule has 0 bridgehead atoms. The van der Waals surface area contributed by atoms with Crippen molar-refractivity contribution < 1.29 is 9.31 Å². The fourth-order valence-electron chi connectivity index (χ4n) is 1.55. The van der Waals surface area contributed by atoms with Crippen LogP contribution in [0.4, 0.5) is 15.9 Å². The number of aromatic nitrogens is 1. The van der Waals surface area contributed by atoms with Gasteiger partial charge in [-0.15, -0.1) is 0 Å². The fourth-order valence-corrected chi connectivity index (χ4v) is 2.00. The van der Waals surface area contributed by atoms with Crippen molar-refractivity contribution >= 4 is 27.4 Å². The van der Waals surface area contributed by atoms with Gasteiger partial charge in [-0.3, -0.25) is 10.1 Å². The molecule has 1 aromatic heterocycles. The molecule has 0 saturated heterocycles. The molecule has 0 fully saturated rings. The van der Waals surface area contributed by atoms with Crippen molar-refractivity contribution in [2.24, 2.45) is 0 Å². The summed E-state index contributed by atoms with van der Waals surface area (Å²) in [6.07, 6.45) is 1.43. The monoisotopic (exact) mass is 325 g/mol. The number of nitrogens with zero attached hydrogens (tertiary/aromatic N) is 2. The van der Waals surface area contributed by atoms with Crippen LogP contribution in [0.15, 0.2) is 41.0 Å². The lowest BCUT2D eigenvalue weighted by atomic mass is 10.2. The predicted octanol–water partition coefficient (Wildman–Crippen LogP) is 3.50. The van der Waals surface area contributed by atoms with Crippen LogP contribution in [-0.2, 0) is 6.54 Å². The number of rotatable bonds is 4. The Kier molecular flexibility index (Phi) is 4.06. The van der Waals surface area contributed by atoms with E-state index in [1.54, 1.807) is 18.2 Å². The summed E-state index contributed by atoms with van der Waals surface area (Å²) in [6.45, 7) is 0.122. The van der Waals surface area contributed by atoms with Crippen molar-refractivity contribution in [2.75, 3.05) is 5.32 Å². The summed E-state index contributed by atoms with van der Waals surface area (Å²) >= 11 is 3.09. The quantitative estimate of drug-likeness (QED) is 0.690. The van der Waals surface area contributed by atoms with E-state index in [1.165, 1.54) is 18.3 Å². The van der Waals surface area contributed by atoms with Gasteiger partial charge in [0.25, 0.3) is 0 Å². The third kappa shape index (κ3) is 3.05. The molecule has 0 aliphatic heterocycles. The minimum atomic E-state index is -0.541. The molecular weight excluding hydrogens is 317 g/mol. The molecule has 0 aliphatic carbocycles. The molecule has 1 heterocycles. The third-order valence-electron chi connectivity index (χ3n) is 2.46. The summed E-state index contributed by atoms with van der Waals surface area (Å²) < 4.78 is 13.7. The summed E-state index contributed by atoms with van der Waals surface area (Å²) in [5.74, 6) is -0.268. The van der Waals surface area contributed by atoms with Crippen molar-refractivity contribution in [3.05, 3.63) is 62.5 Å². The summed E-state index contributed by atoms with van der Waals surface area (Å²) in [5, 5.41) is 13.7. The number of benzene rings is 1. The highest BCUT2D eigenvalue weighted by Gasteiger charge is 2.19. The second-order valence-electron chi connectivity index (χ2n) is 3.69. The van der Waals surface area contributed by atoms with Gasteiger partial charge < -0.3 is 5.32 Å². The van der Waals surface area contributed by atoms with Crippen LogP contribution >= 0.6 is 15.9 Å². The Balaban J connectivity index is 2.23. The first-order valence-electron chi connectivity index (χ1n) is 5.35. The highest BCUT2D eigenvalue weighted by Crippen LogP contribution is 2.30. The van der Waals surface area contributed by atoms with E-state index in [1.807, 2.05) is 0 Å². The largest absolute Gasteiger partial charge is 0.360 e. The van der Waals surface area contributed by atoms with Crippen molar-refractivity contribution in [2.45, 2.75) is 6.54 Å². The molecule has 2 aromatic rings. The van der Waals surface area contributed by atoms with Crippen LogP contribution < -0.4 is 5.32 Å². The minimum absolute atomic E-state index is 0.0997. The van der Waals surface area contributed by atoms with Gasteiger partial charge >= 0.3 is 5.69 Å². The molecule has 0 aliphatic rings. The standard InChI is InChI=1S/C12H9BrFN3O2/c13-9-5-6-15-12(11(9)17(18)19)16-7-8-3-1-2-4-10(8)14/h1-6H,7H2,(H,15,16). The number of pyridine rings is 1. The van der Waals surface area contributed by atoms with E-state index in [9.17, 15) is 14.5 Å². The van der Waals surface area contributed by atoms with E-state index in [2.05, 4.69) is 26.2 Å². The molecule has 98 valence electrons. The van der Waals surface area contributed by atoms with Crippen molar-refractivity contribution in [1.29, 1.82) is 0 Å². The van der Waals surface area contributed by atoms with Gasteiger partial charge in [0.2, 0.25) is 5.82 Å². The minimum Gasteiger partial charge on any atom is -0.360 e. The second-order valence-corrected chi connectivity index (χ2v) is 4.55. The Bertz CT molecular complexity index is 622. The van der Waals surface area contributed by atoms with Crippen molar-refractivity contribution in [1.82, 2.24) is 4.98 Å². The molecule has 0 unspecified atom stereocenters. The Hall–Kier alpha value is -2.02. The lowest BCUT2D eigenvalue weighted by molar-refractivity contribution is -0.385. The third-order valence-corrected chi connectivity index (χ3v) is 3.10. The van der Waals surface area contributed by atoms with Gasteiger partial charge in [0.1, 0.15) is 10.3 Å².